The molecule has 96 valence electrons. The molecular formula is C14H16BrNO2. The van der Waals surface area contributed by atoms with Crippen LogP contribution in [0, 0.1) is 5.41 Å². The second kappa shape index (κ2) is 4.59. The number of ketones is 1. The van der Waals surface area contributed by atoms with Crippen molar-refractivity contribution in [3.63, 3.8) is 0 Å². The lowest BCUT2D eigenvalue weighted by atomic mass is 9.76. The zero-order valence-electron chi connectivity index (χ0n) is 10.6. The van der Waals surface area contributed by atoms with Gasteiger partial charge in [0.2, 0.25) is 0 Å². The van der Waals surface area contributed by atoms with Crippen molar-refractivity contribution in [3.05, 3.63) is 34.3 Å². The molecule has 1 aromatic rings. The van der Waals surface area contributed by atoms with Crippen LogP contribution in [0.25, 0.3) is 0 Å². The van der Waals surface area contributed by atoms with E-state index < -0.39 is 17.6 Å². The third kappa shape index (κ3) is 2.15. The van der Waals surface area contributed by atoms with E-state index >= 15 is 0 Å². The van der Waals surface area contributed by atoms with Gasteiger partial charge in [0.25, 0.3) is 0 Å². The molecule has 0 unspecified atom stereocenters. The van der Waals surface area contributed by atoms with Crippen LogP contribution in [0.1, 0.15) is 32.4 Å². The number of Topliss-reactive ketones (excluding diaryl/α,β-unsaturated/α-hetero) is 1. The fourth-order valence-corrected chi connectivity index (χ4v) is 2.50. The summed E-state index contributed by atoms with van der Waals surface area (Å²) < 4.78 is 0.914. The highest BCUT2D eigenvalue weighted by Gasteiger charge is 2.43. The molecule has 0 saturated heterocycles. The van der Waals surface area contributed by atoms with E-state index in [4.69, 9.17) is 0 Å². The minimum atomic E-state index is -1.07. The van der Waals surface area contributed by atoms with Crippen LogP contribution in [0.4, 0.5) is 0 Å². The van der Waals surface area contributed by atoms with Gasteiger partial charge in [-0.2, -0.15) is 0 Å². The number of nitrogens with zero attached hydrogens (tertiary/aromatic N) is 1. The van der Waals surface area contributed by atoms with Crippen LogP contribution >= 0.6 is 15.9 Å². The maximum atomic E-state index is 12.2. The number of halogens is 1. The van der Waals surface area contributed by atoms with Gasteiger partial charge in [0, 0.05) is 10.2 Å². The third-order valence-electron chi connectivity index (χ3n) is 3.61. The molecular weight excluding hydrogens is 294 g/mol. The first kappa shape index (κ1) is 13.4. The van der Waals surface area contributed by atoms with E-state index in [1.165, 1.54) is 0 Å². The fourth-order valence-electron chi connectivity index (χ4n) is 2.08. The van der Waals surface area contributed by atoms with Crippen LogP contribution in [0.3, 0.4) is 0 Å². The number of rotatable bonds is 1. The van der Waals surface area contributed by atoms with Gasteiger partial charge >= 0.3 is 0 Å². The van der Waals surface area contributed by atoms with E-state index in [2.05, 4.69) is 20.9 Å². The van der Waals surface area contributed by atoms with Crippen molar-refractivity contribution in [3.8, 4) is 0 Å². The number of carbonyl (C=O) groups is 1. The Balaban J connectivity index is 2.47. The molecule has 0 amide bonds. The first-order valence-corrected chi connectivity index (χ1v) is 6.66. The van der Waals surface area contributed by atoms with Gasteiger partial charge in [-0.15, -0.1) is 0 Å². The van der Waals surface area contributed by atoms with Crippen LogP contribution in [0.2, 0.25) is 0 Å². The molecule has 1 aromatic carbocycles. The summed E-state index contributed by atoms with van der Waals surface area (Å²) in [5, 5.41) is 10.2. The molecule has 0 spiro atoms. The predicted octanol–water partition coefficient (Wildman–Crippen LogP) is 2.92. The lowest BCUT2D eigenvalue weighted by molar-refractivity contribution is -0.134. The molecule has 0 bridgehead atoms. The van der Waals surface area contributed by atoms with E-state index in [-0.39, 0.29) is 5.78 Å². The van der Waals surface area contributed by atoms with Gasteiger partial charge in [-0.05, 0) is 38.5 Å². The number of hydrogen-bond acceptors (Lipinski definition) is 3. The zero-order chi connectivity index (χ0) is 13.5. The Labute approximate surface area is 115 Å². The Morgan fingerprint density at radius 3 is 2.67 bits per heavy atom. The second-order valence-corrected chi connectivity index (χ2v) is 6.06. The summed E-state index contributed by atoms with van der Waals surface area (Å²) in [6.45, 7) is 5.44. The minimum absolute atomic E-state index is 0.167. The molecule has 0 aliphatic carbocycles. The van der Waals surface area contributed by atoms with Crippen molar-refractivity contribution >= 4 is 27.4 Å². The van der Waals surface area contributed by atoms with Crippen LogP contribution in [0.15, 0.2) is 33.7 Å². The Hall–Kier alpha value is -1.00. The van der Waals surface area contributed by atoms with Crippen LogP contribution < -0.4 is 0 Å². The first-order valence-electron chi connectivity index (χ1n) is 5.87. The molecule has 3 nitrogen and oxygen atoms in total. The van der Waals surface area contributed by atoms with Crippen molar-refractivity contribution in [2.24, 2.45) is 10.4 Å². The number of hydrogen-bond donors (Lipinski definition) is 1. The smallest absolute Gasteiger partial charge is 0.174 e. The highest BCUT2D eigenvalue weighted by molar-refractivity contribution is 9.10. The molecule has 1 N–H and O–H groups in total. The second-order valence-electron chi connectivity index (χ2n) is 5.15. The first-order chi connectivity index (χ1) is 8.34. The molecule has 1 heterocycles. The summed E-state index contributed by atoms with van der Waals surface area (Å²) in [5.74, 6) is -0.167. The maximum Gasteiger partial charge on any atom is 0.174 e. The lowest BCUT2D eigenvalue weighted by Gasteiger charge is -2.34. The van der Waals surface area contributed by atoms with Crippen molar-refractivity contribution < 1.29 is 9.90 Å². The topological polar surface area (TPSA) is 49.7 Å². The van der Waals surface area contributed by atoms with Gasteiger partial charge in [0.1, 0.15) is 12.1 Å². The van der Waals surface area contributed by atoms with Gasteiger partial charge in [-0.1, -0.05) is 28.1 Å². The maximum absolute atomic E-state index is 12.2. The number of carbonyl (C=O) groups excluding carboxylic acids is 1. The van der Waals surface area contributed by atoms with E-state index in [9.17, 15) is 9.90 Å². The number of aliphatic imine (C=N–C) groups is 1. The molecule has 0 aromatic heterocycles. The molecule has 2 rings (SSSR count). The summed E-state index contributed by atoms with van der Waals surface area (Å²) in [4.78, 5) is 16.7. The Bertz CT molecular complexity index is 522. The van der Waals surface area contributed by atoms with Crippen molar-refractivity contribution in [1.82, 2.24) is 0 Å². The molecule has 4 heteroatoms. The van der Waals surface area contributed by atoms with Crippen LogP contribution in [-0.2, 0) is 4.79 Å². The Morgan fingerprint density at radius 2 is 2.06 bits per heavy atom. The highest BCUT2D eigenvalue weighted by Crippen LogP contribution is 2.35. The predicted molar refractivity (Wildman–Crippen MR) is 74.8 cm³/mol. The standard InChI is InChI=1S/C14H16BrNO2/c1-8-14(2,3)13(18)12(17)11(16-8)9-5-4-6-10(15)7-9/h4-7,11-12,17H,1-3H3/t11-,12-/m0/s1. The van der Waals surface area contributed by atoms with E-state index in [1.807, 2.05) is 31.2 Å². The molecule has 1 aliphatic heterocycles. The van der Waals surface area contributed by atoms with Crippen molar-refractivity contribution in [2.75, 3.05) is 0 Å². The van der Waals surface area contributed by atoms with E-state index in [1.54, 1.807) is 13.8 Å². The van der Waals surface area contributed by atoms with Crippen LogP contribution in [-0.4, -0.2) is 22.7 Å². The summed E-state index contributed by atoms with van der Waals surface area (Å²) in [6.07, 6.45) is -1.07. The molecule has 0 radical (unpaired) electrons. The van der Waals surface area contributed by atoms with Gasteiger partial charge in [-0.25, -0.2) is 0 Å². The van der Waals surface area contributed by atoms with Gasteiger partial charge < -0.3 is 5.11 Å². The van der Waals surface area contributed by atoms with Crippen LogP contribution in [0.5, 0.6) is 0 Å². The highest BCUT2D eigenvalue weighted by atomic mass is 79.9. The minimum Gasteiger partial charge on any atom is -0.383 e. The fraction of sp³-hybridized carbons (Fsp3) is 0.429. The van der Waals surface area contributed by atoms with E-state index in [0.29, 0.717) is 0 Å². The number of benzene rings is 1. The average Bonchev–Trinajstić information content (AvgIpc) is 2.32. The molecule has 0 saturated carbocycles. The molecule has 18 heavy (non-hydrogen) atoms. The van der Waals surface area contributed by atoms with Crippen molar-refractivity contribution in [1.29, 1.82) is 0 Å². The summed E-state index contributed by atoms with van der Waals surface area (Å²) in [6, 6.07) is 7.04. The number of aliphatic hydroxyl groups excluding tert-OH is 1. The third-order valence-corrected chi connectivity index (χ3v) is 4.10. The van der Waals surface area contributed by atoms with Gasteiger partial charge in [0.05, 0.1) is 5.41 Å². The monoisotopic (exact) mass is 309 g/mol. The summed E-state index contributed by atoms with van der Waals surface area (Å²) in [7, 11) is 0. The lowest BCUT2D eigenvalue weighted by Crippen LogP contribution is -2.46. The zero-order valence-corrected chi connectivity index (χ0v) is 12.2. The summed E-state index contributed by atoms with van der Waals surface area (Å²) >= 11 is 3.39. The largest absolute Gasteiger partial charge is 0.383 e. The normalized spacial score (nSPS) is 26.9. The van der Waals surface area contributed by atoms with Gasteiger partial charge in [-0.3, -0.25) is 9.79 Å². The SMILES string of the molecule is CC1=N[C@@H](c2cccc(Br)c2)[C@H](O)C(=O)C1(C)C. The van der Waals surface area contributed by atoms with Gasteiger partial charge in [0.15, 0.2) is 5.78 Å². The van der Waals surface area contributed by atoms with Crippen molar-refractivity contribution in [2.45, 2.75) is 32.9 Å². The number of aliphatic hydroxyl groups is 1. The summed E-state index contributed by atoms with van der Waals surface area (Å²) in [5.41, 5.74) is 0.935. The molecule has 2 atom stereocenters. The quantitative estimate of drug-likeness (QED) is 0.867. The average molecular weight is 310 g/mol. The Morgan fingerprint density at radius 1 is 1.39 bits per heavy atom. The van der Waals surface area contributed by atoms with E-state index in [0.717, 1.165) is 15.7 Å². The molecule has 1 aliphatic rings. The molecule has 0 fully saturated rings. The Kier molecular flexibility index (Phi) is 3.43.